The third-order valence-corrected chi connectivity index (χ3v) is 3.93. The summed E-state index contributed by atoms with van der Waals surface area (Å²) in [5, 5.41) is 12.1. The minimum absolute atomic E-state index is 0.270. The third kappa shape index (κ3) is 3.14. The van der Waals surface area contributed by atoms with Crippen molar-refractivity contribution in [3.8, 4) is 0 Å². The van der Waals surface area contributed by atoms with E-state index in [-0.39, 0.29) is 18.1 Å². The van der Waals surface area contributed by atoms with Gasteiger partial charge < -0.3 is 16.2 Å². The zero-order chi connectivity index (χ0) is 13.7. The first-order chi connectivity index (χ1) is 9.18. The highest BCUT2D eigenvalue weighted by molar-refractivity contribution is 5.82. The molecule has 0 bridgehead atoms. The summed E-state index contributed by atoms with van der Waals surface area (Å²) >= 11 is 0. The number of aliphatic hydroxyl groups is 1. The summed E-state index contributed by atoms with van der Waals surface area (Å²) in [4.78, 5) is 12.0. The van der Waals surface area contributed by atoms with E-state index < -0.39 is 6.04 Å². The summed E-state index contributed by atoms with van der Waals surface area (Å²) < 4.78 is 0. The van der Waals surface area contributed by atoms with Crippen LogP contribution in [0.5, 0.6) is 0 Å². The molecule has 2 rings (SSSR count). The van der Waals surface area contributed by atoms with Crippen molar-refractivity contribution in [3.05, 3.63) is 35.9 Å². The van der Waals surface area contributed by atoms with Gasteiger partial charge in [0.25, 0.3) is 0 Å². The van der Waals surface area contributed by atoms with Gasteiger partial charge in [-0.25, -0.2) is 0 Å². The minimum atomic E-state index is -0.845. The molecule has 1 atom stereocenters. The Labute approximate surface area is 114 Å². The van der Waals surface area contributed by atoms with Gasteiger partial charge in [-0.3, -0.25) is 4.79 Å². The fourth-order valence-electron chi connectivity index (χ4n) is 2.81. The smallest absolute Gasteiger partial charge is 0.239 e. The molecule has 0 saturated heterocycles. The van der Waals surface area contributed by atoms with Gasteiger partial charge in [-0.05, 0) is 18.4 Å². The largest absolute Gasteiger partial charge is 0.394 e. The Morgan fingerprint density at radius 2 is 1.89 bits per heavy atom. The number of hydrogen-bond donors (Lipinski definition) is 3. The van der Waals surface area contributed by atoms with Crippen molar-refractivity contribution in [1.82, 2.24) is 5.32 Å². The van der Waals surface area contributed by atoms with Crippen LogP contribution in [0.2, 0.25) is 0 Å². The average Bonchev–Trinajstić information content (AvgIpc) is 2.48. The molecule has 104 valence electrons. The van der Waals surface area contributed by atoms with Gasteiger partial charge >= 0.3 is 0 Å². The number of carbonyl (C=O) groups is 1. The van der Waals surface area contributed by atoms with Gasteiger partial charge in [-0.1, -0.05) is 49.6 Å². The summed E-state index contributed by atoms with van der Waals surface area (Å²) in [5.74, 6) is -0.270. The van der Waals surface area contributed by atoms with E-state index in [0.717, 1.165) is 31.2 Å². The van der Waals surface area contributed by atoms with E-state index in [0.29, 0.717) is 0 Å². The number of nitrogens with one attached hydrogen (secondary N) is 1. The molecular weight excluding hydrogens is 240 g/mol. The minimum Gasteiger partial charge on any atom is -0.394 e. The molecule has 1 saturated carbocycles. The van der Waals surface area contributed by atoms with Crippen LogP contribution in [0.1, 0.15) is 37.7 Å². The number of nitrogens with two attached hydrogens (primary N) is 1. The molecule has 0 spiro atoms. The molecule has 0 aliphatic heterocycles. The number of benzene rings is 1. The van der Waals surface area contributed by atoms with E-state index in [1.54, 1.807) is 0 Å². The fraction of sp³-hybridized carbons (Fsp3) is 0.533. The molecule has 0 heterocycles. The molecule has 1 aliphatic carbocycles. The first-order valence-corrected chi connectivity index (χ1v) is 6.92. The Hall–Kier alpha value is -1.39. The lowest BCUT2D eigenvalue weighted by atomic mass is 9.76. The fourth-order valence-corrected chi connectivity index (χ4v) is 2.81. The zero-order valence-corrected chi connectivity index (χ0v) is 11.1. The number of amides is 1. The maximum Gasteiger partial charge on any atom is 0.239 e. The molecule has 1 aromatic rings. The van der Waals surface area contributed by atoms with Gasteiger partial charge in [0.1, 0.15) is 6.04 Å². The van der Waals surface area contributed by atoms with E-state index in [9.17, 15) is 4.79 Å². The van der Waals surface area contributed by atoms with Crippen LogP contribution >= 0.6 is 0 Å². The summed E-state index contributed by atoms with van der Waals surface area (Å²) in [5.41, 5.74) is 6.43. The molecular formula is C15H22N2O2. The van der Waals surface area contributed by atoms with Crippen LogP contribution in [0.4, 0.5) is 0 Å². The Bertz CT molecular complexity index is 413. The van der Waals surface area contributed by atoms with Gasteiger partial charge in [0.05, 0.1) is 12.1 Å². The maximum atomic E-state index is 12.0. The molecule has 0 aromatic heterocycles. The van der Waals surface area contributed by atoms with Crippen LogP contribution in [0, 0.1) is 0 Å². The number of hydrogen-bond acceptors (Lipinski definition) is 3. The third-order valence-electron chi connectivity index (χ3n) is 3.93. The molecule has 0 radical (unpaired) electrons. The number of carbonyl (C=O) groups excluding carboxylic acids is 1. The van der Waals surface area contributed by atoms with E-state index in [2.05, 4.69) is 17.4 Å². The van der Waals surface area contributed by atoms with Crippen LogP contribution < -0.4 is 11.1 Å². The van der Waals surface area contributed by atoms with Gasteiger partial charge in [-0.2, -0.15) is 0 Å². The molecule has 1 aliphatic rings. The molecule has 4 nitrogen and oxygen atoms in total. The van der Waals surface area contributed by atoms with Gasteiger partial charge in [-0.15, -0.1) is 0 Å². The van der Waals surface area contributed by atoms with Crippen molar-refractivity contribution < 1.29 is 9.90 Å². The Balaban J connectivity index is 2.23. The summed E-state index contributed by atoms with van der Waals surface area (Å²) in [6.07, 6.45) is 5.27. The first kappa shape index (κ1) is 14.0. The van der Waals surface area contributed by atoms with Gasteiger partial charge in [0.2, 0.25) is 5.91 Å². The predicted molar refractivity (Wildman–Crippen MR) is 74.4 cm³/mol. The summed E-state index contributed by atoms with van der Waals surface area (Å²) in [6, 6.07) is 9.21. The SMILES string of the molecule is NC(CO)C(=O)NC1(c2ccccc2)CCCCC1. The summed E-state index contributed by atoms with van der Waals surface area (Å²) in [7, 11) is 0. The lowest BCUT2D eigenvalue weighted by molar-refractivity contribution is -0.125. The lowest BCUT2D eigenvalue weighted by Crippen LogP contribution is -2.53. The van der Waals surface area contributed by atoms with Gasteiger partial charge in [0, 0.05) is 0 Å². The Morgan fingerprint density at radius 3 is 2.47 bits per heavy atom. The van der Waals surface area contributed by atoms with E-state index in [1.807, 2.05) is 18.2 Å². The Morgan fingerprint density at radius 1 is 1.26 bits per heavy atom. The van der Waals surface area contributed by atoms with Crippen molar-refractivity contribution in [1.29, 1.82) is 0 Å². The van der Waals surface area contributed by atoms with E-state index >= 15 is 0 Å². The van der Waals surface area contributed by atoms with Gasteiger partial charge in [0.15, 0.2) is 0 Å². The van der Waals surface area contributed by atoms with E-state index in [4.69, 9.17) is 10.8 Å². The molecule has 4 heteroatoms. The highest BCUT2D eigenvalue weighted by atomic mass is 16.3. The van der Waals surface area contributed by atoms with Crippen LogP contribution in [-0.2, 0) is 10.3 Å². The van der Waals surface area contributed by atoms with Crippen molar-refractivity contribution in [2.24, 2.45) is 5.73 Å². The first-order valence-electron chi connectivity index (χ1n) is 6.92. The van der Waals surface area contributed by atoms with Crippen molar-refractivity contribution >= 4 is 5.91 Å². The molecule has 1 aromatic carbocycles. The number of aliphatic hydroxyl groups excluding tert-OH is 1. The topological polar surface area (TPSA) is 75.3 Å². The van der Waals surface area contributed by atoms with Crippen molar-refractivity contribution in [2.45, 2.75) is 43.7 Å². The monoisotopic (exact) mass is 262 g/mol. The second-order valence-corrected chi connectivity index (χ2v) is 5.29. The second kappa shape index (κ2) is 6.17. The number of rotatable bonds is 4. The van der Waals surface area contributed by atoms with Crippen molar-refractivity contribution in [3.63, 3.8) is 0 Å². The molecule has 4 N–H and O–H groups in total. The quantitative estimate of drug-likeness (QED) is 0.765. The van der Waals surface area contributed by atoms with Crippen LogP contribution in [0.15, 0.2) is 30.3 Å². The Kier molecular flexibility index (Phi) is 4.56. The standard InChI is InChI=1S/C15H22N2O2/c16-13(11-18)14(19)17-15(9-5-2-6-10-15)12-7-3-1-4-8-12/h1,3-4,7-8,13,18H,2,5-6,9-11,16H2,(H,17,19). The average molecular weight is 262 g/mol. The highest BCUT2D eigenvalue weighted by Gasteiger charge is 2.36. The molecule has 1 fully saturated rings. The molecule has 1 unspecified atom stereocenters. The van der Waals surface area contributed by atoms with Crippen molar-refractivity contribution in [2.75, 3.05) is 6.61 Å². The normalized spacial score (nSPS) is 19.7. The van der Waals surface area contributed by atoms with Crippen LogP contribution in [0.25, 0.3) is 0 Å². The van der Waals surface area contributed by atoms with Crippen LogP contribution in [-0.4, -0.2) is 23.7 Å². The second-order valence-electron chi connectivity index (χ2n) is 5.29. The molecule has 19 heavy (non-hydrogen) atoms. The molecule has 1 amide bonds. The maximum absolute atomic E-state index is 12.0. The predicted octanol–water partition coefficient (Wildman–Crippen LogP) is 1.28. The summed E-state index contributed by atoms with van der Waals surface area (Å²) in [6.45, 7) is -0.323. The zero-order valence-electron chi connectivity index (χ0n) is 11.1. The highest BCUT2D eigenvalue weighted by Crippen LogP contribution is 2.37. The van der Waals surface area contributed by atoms with Crippen LogP contribution in [0.3, 0.4) is 0 Å². The van der Waals surface area contributed by atoms with E-state index in [1.165, 1.54) is 6.42 Å². The lowest BCUT2D eigenvalue weighted by Gasteiger charge is -2.39.